The molecule has 0 unspecified atom stereocenters. The number of rotatable bonds is 6. The zero-order valence-corrected chi connectivity index (χ0v) is 12.6. The quantitative estimate of drug-likeness (QED) is 0.655. The normalized spacial score (nSPS) is 11.2. The zero-order valence-electron chi connectivity index (χ0n) is 11.8. The molecule has 0 radical (unpaired) electrons. The standard InChI is InChI=1S/C17H20N2S/c1-2-14-7-8-15(20-14)12-18-10-9-13-11-19-17-6-4-3-5-16(13)17/h3-8,11,18-19H,2,9-10,12H2,1H3. The molecule has 0 saturated heterocycles. The van der Waals surface area contributed by atoms with Crippen molar-refractivity contribution in [2.45, 2.75) is 26.3 Å². The number of para-hydroxylation sites is 1. The third-order valence-corrected chi connectivity index (χ3v) is 4.84. The maximum absolute atomic E-state index is 3.54. The van der Waals surface area contributed by atoms with Crippen molar-refractivity contribution in [3.05, 3.63) is 57.9 Å². The van der Waals surface area contributed by atoms with E-state index in [0.717, 1.165) is 25.9 Å². The van der Waals surface area contributed by atoms with Crippen LogP contribution in [0, 0.1) is 0 Å². The lowest BCUT2D eigenvalue weighted by Gasteiger charge is -2.02. The van der Waals surface area contributed by atoms with E-state index in [1.54, 1.807) is 0 Å². The zero-order chi connectivity index (χ0) is 13.8. The second-order valence-corrected chi connectivity index (χ2v) is 6.26. The highest BCUT2D eigenvalue weighted by atomic mass is 32.1. The van der Waals surface area contributed by atoms with Gasteiger partial charge in [-0.25, -0.2) is 0 Å². The number of hydrogen-bond donors (Lipinski definition) is 2. The summed E-state index contributed by atoms with van der Waals surface area (Å²) in [4.78, 5) is 6.23. The van der Waals surface area contributed by atoms with Crippen LogP contribution in [0.2, 0.25) is 0 Å². The minimum absolute atomic E-state index is 0.979. The molecule has 2 aromatic heterocycles. The van der Waals surface area contributed by atoms with Crippen molar-refractivity contribution < 1.29 is 0 Å². The molecule has 0 aliphatic rings. The van der Waals surface area contributed by atoms with Gasteiger partial charge in [0.25, 0.3) is 0 Å². The summed E-state index contributed by atoms with van der Waals surface area (Å²) in [7, 11) is 0. The maximum atomic E-state index is 3.54. The van der Waals surface area contributed by atoms with Gasteiger partial charge in [0, 0.05) is 33.4 Å². The van der Waals surface area contributed by atoms with Gasteiger partial charge >= 0.3 is 0 Å². The van der Waals surface area contributed by atoms with Crippen molar-refractivity contribution in [3.8, 4) is 0 Å². The number of H-pyrrole nitrogens is 1. The summed E-state index contributed by atoms with van der Waals surface area (Å²) in [6, 6.07) is 13.0. The molecule has 2 N–H and O–H groups in total. The summed E-state index contributed by atoms with van der Waals surface area (Å²) in [5.74, 6) is 0. The first-order valence-corrected chi connectivity index (χ1v) is 8.02. The lowest BCUT2D eigenvalue weighted by atomic mass is 10.1. The summed E-state index contributed by atoms with van der Waals surface area (Å²) in [5, 5.41) is 4.88. The molecule has 2 nitrogen and oxygen atoms in total. The molecule has 104 valence electrons. The first-order valence-electron chi connectivity index (χ1n) is 7.20. The highest BCUT2D eigenvalue weighted by Gasteiger charge is 2.02. The van der Waals surface area contributed by atoms with E-state index in [2.05, 4.69) is 59.8 Å². The fraction of sp³-hybridized carbons (Fsp3) is 0.294. The van der Waals surface area contributed by atoms with Crippen molar-refractivity contribution in [3.63, 3.8) is 0 Å². The summed E-state index contributed by atoms with van der Waals surface area (Å²) in [6.45, 7) is 4.20. The van der Waals surface area contributed by atoms with Gasteiger partial charge in [0.15, 0.2) is 0 Å². The molecule has 0 spiro atoms. The summed E-state index contributed by atoms with van der Waals surface area (Å²) >= 11 is 1.91. The number of fused-ring (bicyclic) bond motifs is 1. The predicted octanol–water partition coefficient (Wildman–Crippen LogP) is 4.12. The molecule has 2 heterocycles. The topological polar surface area (TPSA) is 27.8 Å². The van der Waals surface area contributed by atoms with Crippen molar-refractivity contribution in [2.75, 3.05) is 6.54 Å². The van der Waals surface area contributed by atoms with Crippen LogP contribution >= 0.6 is 11.3 Å². The van der Waals surface area contributed by atoms with Gasteiger partial charge in [0.05, 0.1) is 0 Å². The van der Waals surface area contributed by atoms with Gasteiger partial charge in [-0.3, -0.25) is 0 Å². The van der Waals surface area contributed by atoms with Gasteiger partial charge in [-0.15, -0.1) is 11.3 Å². The number of aromatic amines is 1. The third-order valence-electron chi connectivity index (χ3n) is 3.61. The number of nitrogens with one attached hydrogen (secondary N) is 2. The highest BCUT2D eigenvalue weighted by Crippen LogP contribution is 2.18. The van der Waals surface area contributed by atoms with E-state index >= 15 is 0 Å². The Morgan fingerprint density at radius 3 is 2.80 bits per heavy atom. The Kier molecular flexibility index (Phi) is 4.19. The van der Waals surface area contributed by atoms with Crippen LogP contribution in [0.4, 0.5) is 0 Å². The smallest absolute Gasteiger partial charge is 0.0456 e. The van der Waals surface area contributed by atoms with Crippen LogP contribution in [0.5, 0.6) is 0 Å². The minimum Gasteiger partial charge on any atom is -0.361 e. The Morgan fingerprint density at radius 2 is 1.95 bits per heavy atom. The van der Waals surface area contributed by atoms with Gasteiger partial charge in [-0.05, 0) is 43.1 Å². The fourth-order valence-corrected chi connectivity index (χ4v) is 3.41. The van der Waals surface area contributed by atoms with E-state index in [4.69, 9.17) is 0 Å². The van der Waals surface area contributed by atoms with Crippen LogP contribution in [-0.4, -0.2) is 11.5 Å². The second-order valence-electron chi connectivity index (χ2n) is 5.01. The Labute approximate surface area is 123 Å². The van der Waals surface area contributed by atoms with E-state index in [0.29, 0.717) is 0 Å². The van der Waals surface area contributed by atoms with Crippen LogP contribution in [0.1, 0.15) is 22.2 Å². The molecular formula is C17H20N2S. The Bertz CT molecular complexity index is 681. The van der Waals surface area contributed by atoms with E-state index in [-0.39, 0.29) is 0 Å². The first kappa shape index (κ1) is 13.4. The molecule has 1 aromatic carbocycles. The Morgan fingerprint density at radius 1 is 1.10 bits per heavy atom. The molecule has 0 amide bonds. The van der Waals surface area contributed by atoms with Crippen molar-refractivity contribution >= 4 is 22.2 Å². The summed E-state index contributed by atoms with van der Waals surface area (Å²) in [6.07, 6.45) is 4.34. The average Bonchev–Trinajstić information content (AvgIpc) is 3.10. The molecule has 3 heteroatoms. The maximum Gasteiger partial charge on any atom is 0.0456 e. The molecule has 0 fully saturated rings. The van der Waals surface area contributed by atoms with Crippen LogP contribution in [0.25, 0.3) is 10.9 Å². The van der Waals surface area contributed by atoms with Gasteiger partial charge in [-0.1, -0.05) is 25.1 Å². The van der Waals surface area contributed by atoms with Crippen molar-refractivity contribution in [1.29, 1.82) is 0 Å². The van der Waals surface area contributed by atoms with Gasteiger partial charge in [-0.2, -0.15) is 0 Å². The predicted molar refractivity (Wildman–Crippen MR) is 87.4 cm³/mol. The lowest BCUT2D eigenvalue weighted by molar-refractivity contribution is 0.695. The van der Waals surface area contributed by atoms with E-state index < -0.39 is 0 Å². The molecule has 3 aromatic rings. The number of thiophene rings is 1. The second kappa shape index (κ2) is 6.25. The number of aromatic nitrogens is 1. The number of hydrogen-bond acceptors (Lipinski definition) is 2. The van der Waals surface area contributed by atoms with Crippen molar-refractivity contribution in [2.24, 2.45) is 0 Å². The largest absolute Gasteiger partial charge is 0.361 e. The van der Waals surface area contributed by atoms with Crippen molar-refractivity contribution in [1.82, 2.24) is 10.3 Å². The molecule has 0 atom stereocenters. The van der Waals surface area contributed by atoms with Gasteiger partial charge in [0.2, 0.25) is 0 Å². The third kappa shape index (κ3) is 2.94. The Hall–Kier alpha value is -1.58. The fourth-order valence-electron chi connectivity index (χ4n) is 2.48. The monoisotopic (exact) mass is 284 g/mol. The molecule has 20 heavy (non-hydrogen) atoms. The Balaban J connectivity index is 1.52. The molecule has 0 bridgehead atoms. The molecular weight excluding hydrogens is 264 g/mol. The average molecular weight is 284 g/mol. The van der Waals surface area contributed by atoms with E-state index in [9.17, 15) is 0 Å². The van der Waals surface area contributed by atoms with Gasteiger partial charge in [0.1, 0.15) is 0 Å². The highest BCUT2D eigenvalue weighted by molar-refractivity contribution is 7.11. The number of aryl methyl sites for hydroxylation is 1. The SMILES string of the molecule is CCc1ccc(CNCCc2c[nH]c3ccccc23)s1. The van der Waals surface area contributed by atoms with Crippen LogP contribution < -0.4 is 5.32 Å². The van der Waals surface area contributed by atoms with Gasteiger partial charge < -0.3 is 10.3 Å². The van der Waals surface area contributed by atoms with Crippen LogP contribution in [0.3, 0.4) is 0 Å². The lowest BCUT2D eigenvalue weighted by Crippen LogP contribution is -2.15. The minimum atomic E-state index is 0.979. The van der Waals surface area contributed by atoms with Crippen LogP contribution in [0.15, 0.2) is 42.6 Å². The molecule has 3 rings (SSSR count). The molecule has 0 saturated carbocycles. The number of benzene rings is 1. The van der Waals surface area contributed by atoms with E-state index in [1.165, 1.54) is 26.2 Å². The summed E-state index contributed by atoms with van der Waals surface area (Å²) < 4.78 is 0. The summed E-state index contributed by atoms with van der Waals surface area (Å²) in [5.41, 5.74) is 2.63. The molecule has 0 aliphatic heterocycles. The van der Waals surface area contributed by atoms with E-state index in [1.807, 2.05) is 11.3 Å². The van der Waals surface area contributed by atoms with Crippen LogP contribution in [-0.2, 0) is 19.4 Å². The molecule has 0 aliphatic carbocycles. The first-order chi connectivity index (χ1) is 9.86.